The maximum atomic E-state index is 12.0. The smallest absolute Gasteiger partial charge is 0.179 e. The molecule has 1 aromatic rings. The molecule has 0 aliphatic carbocycles. The molecule has 0 fully saturated rings. The number of hydrogen-bond acceptors (Lipinski definition) is 4. The zero-order chi connectivity index (χ0) is 12.9. The van der Waals surface area contributed by atoms with E-state index in [0.29, 0.717) is 24.5 Å². The van der Waals surface area contributed by atoms with Crippen molar-refractivity contribution < 1.29 is 8.42 Å². The molecule has 1 aromatic carbocycles. The summed E-state index contributed by atoms with van der Waals surface area (Å²) < 4.78 is 24.8. The van der Waals surface area contributed by atoms with Crippen LogP contribution in [0.2, 0.25) is 0 Å². The first-order valence-electron chi connectivity index (χ1n) is 5.32. The average molecular weight is 321 g/mol. The molecule has 0 bridgehead atoms. The Kier molecular flexibility index (Phi) is 5.58. The first kappa shape index (κ1) is 14.6. The van der Waals surface area contributed by atoms with E-state index in [1.807, 2.05) is 11.9 Å². The lowest BCUT2D eigenvalue weighted by molar-refractivity contribution is 0.363. The highest BCUT2D eigenvalue weighted by molar-refractivity contribution is 9.10. The maximum Gasteiger partial charge on any atom is 0.179 e. The number of sulfone groups is 1. The van der Waals surface area contributed by atoms with Crippen molar-refractivity contribution >= 4 is 25.8 Å². The lowest BCUT2D eigenvalue weighted by Gasteiger charge is -2.15. The second-order valence-electron chi connectivity index (χ2n) is 3.86. The molecule has 0 saturated heterocycles. The first-order chi connectivity index (χ1) is 7.95. The van der Waals surface area contributed by atoms with Crippen LogP contribution in [-0.4, -0.2) is 45.8 Å². The lowest BCUT2D eigenvalue weighted by Crippen LogP contribution is -2.30. The fourth-order valence-electron chi connectivity index (χ4n) is 1.37. The zero-order valence-electron chi connectivity index (χ0n) is 9.77. The minimum Gasteiger partial charge on any atom is -0.329 e. The number of nitrogens with two attached hydrogens (primary N) is 1. The van der Waals surface area contributed by atoms with Gasteiger partial charge < -0.3 is 10.6 Å². The van der Waals surface area contributed by atoms with Crippen LogP contribution in [0.15, 0.2) is 33.6 Å². The molecule has 1 rings (SSSR count). The summed E-state index contributed by atoms with van der Waals surface area (Å²) in [6, 6.07) is 6.69. The van der Waals surface area contributed by atoms with Crippen molar-refractivity contribution in [1.29, 1.82) is 0 Å². The van der Waals surface area contributed by atoms with E-state index >= 15 is 0 Å². The molecular weight excluding hydrogens is 304 g/mol. The molecule has 0 spiro atoms. The SMILES string of the molecule is CN(CCN)CCS(=O)(=O)c1ccc(Br)cc1. The highest BCUT2D eigenvalue weighted by Crippen LogP contribution is 2.15. The van der Waals surface area contributed by atoms with Crippen LogP contribution in [0.5, 0.6) is 0 Å². The van der Waals surface area contributed by atoms with Crippen LogP contribution in [0.3, 0.4) is 0 Å². The summed E-state index contributed by atoms with van der Waals surface area (Å²) in [7, 11) is -1.33. The highest BCUT2D eigenvalue weighted by atomic mass is 79.9. The molecule has 0 heterocycles. The van der Waals surface area contributed by atoms with Crippen molar-refractivity contribution in [2.45, 2.75) is 4.90 Å². The van der Waals surface area contributed by atoms with Gasteiger partial charge in [-0.1, -0.05) is 15.9 Å². The number of hydrogen-bond donors (Lipinski definition) is 1. The molecule has 0 aliphatic rings. The molecule has 0 radical (unpaired) electrons. The molecule has 96 valence electrons. The molecule has 6 heteroatoms. The fraction of sp³-hybridized carbons (Fsp3) is 0.455. The van der Waals surface area contributed by atoms with Gasteiger partial charge in [-0.3, -0.25) is 0 Å². The largest absolute Gasteiger partial charge is 0.329 e. The van der Waals surface area contributed by atoms with Crippen LogP contribution >= 0.6 is 15.9 Å². The van der Waals surface area contributed by atoms with Crippen molar-refractivity contribution in [3.8, 4) is 0 Å². The van der Waals surface area contributed by atoms with Gasteiger partial charge in [0.1, 0.15) is 0 Å². The van der Waals surface area contributed by atoms with Gasteiger partial charge in [0, 0.05) is 24.1 Å². The van der Waals surface area contributed by atoms with E-state index in [9.17, 15) is 8.42 Å². The minimum absolute atomic E-state index is 0.116. The monoisotopic (exact) mass is 320 g/mol. The fourth-order valence-corrected chi connectivity index (χ4v) is 2.97. The van der Waals surface area contributed by atoms with E-state index in [2.05, 4.69) is 15.9 Å². The van der Waals surface area contributed by atoms with Gasteiger partial charge in [-0.2, -0.15) is 0 Å². The number of rotatable bonds is 6. The molecule has 2 N–H and O–H groups in total. The number of nitrogens with zero attached hydrogens (tertiary/aromatic N) is 1. The normalized spacial score (nSPS) is 12.0. The molecule has 0 aliphatic heterocycles. The topological polar surface area (TPSA) is 63.4 Å². The Hall–Kier alpha value is -0.430. The first-order valence-corrected chi connectivity index (χ1v) is 7.77. The summed E-state index contributed by atoms with van der Waals surface area (Å²) in [5.41, 5.74) is 5.40. The third-order valence-electron chi connectivity index (χ3n) is 2.43. The molecular formula is C11H17BrN2O2S. The molecule has 0 saturated carbocycles. The Bertz CT molecular complexity index is 445. The van der Waals surface area contributed by atoms with E-state index in [1.165, 1.54) is 0 Å². The predicted octanol–water partition coefficient (Wildman–Crippen LogP) is 1.11. The Balaban J connectivity index is 2.66. The van der Waals surface area contributed by atoms with E-state index in [0.717, 1.165) is 4.47 Å². The van der Waals surface area contributed by atoms with Crippen LogP contribution in [0.1, 0.15) is 0 Å². The van der Waals surface area contributed by atoms with E-state index in [-0.39, 0.29) is 5.75 Å². The third-order valence-corrected chi connectivity index (χ3v) is 4.66. The number of benzene rings is 1. The molecule has 17 heavy (non-hydrogen) atoms. The van der Waals surface area contributed by atoms with Crippen molar-refractivity contribution in [3.05, 3.63) is 28.7 Å². The average Bonchev–Trinajstić information content (AvgIpc) is 2.28. The van der Waals surface area contributed by atoms with E-state index in [4.69, 9.17) is 5.73 Å². The van der Waals surface area contributed by atoms with Crippen molar-refractivity contribution in [2.75, 3.05) is 32.4 Å². The van der Waals surface area contributed by atoms with Gasteiger partial charge in [0.15, 0.2) is 9.84 Å². The van der Waals surface area contributed by atoms with Gasteiger partial charge >= 0.3 is 0 Å². The lowest BCUT2D eigenvalue weighted by atomic mass is 10.4. The second-order valence-corrected chi connectivity index (χ2v) is 6.89. The van der Waals surface area contributed by atoms with Gasteiger partial charge in [-0.15, -0.1) is 0 Å². The summed E-state index contributed by atoms with van der Waals surface area (Å²) in [5.74, 6) is 0.116. The van der Waals surface area contributed by atoms with Crippen LogP contribution in [0.25, 0.3) is 0 Å². The highest BCUT2D eigenvalue weighted by Gasteiger charge is 2.14. The quantitative estimate of drug-likeness (QED) is 0.853. The van der Waals surface area contributed by atoms with Crippen molar-refractivity contribution in [1.82, 2.24) is 4.90 Å². The maximum absolute atomic E-state index is 12.0. The summed E-state index contributed by atoms with van der Waals surface area (Å²) in [5, 5.41) is 0. The molecule has 0 amide bonds. The Morgan fingerprint density at radius 2 is 1.82 bits per heavy atom. The van der Waals surface area contributed by atoms with Crippen LogP contribution in [-0.2, 0) is 9.84 Å². The Morgan fingerprint density at radius 3 is 2.35 bits per heavy atom. The Labute approximate surface area is 111 Å². The zero-order valence-corrected chi connectivity index (χ0v) is 12.2. The molecule has 0 aromatic heterocycles. The van der Waals surface area contributed by atoms with Crippen molar-refractivity contribution in [3.63, 3.8) is 0 Å². The minimum atomic E-state index is -3.19. The van der Waals surface area contributed by atoms with Gasteiger partial charge in [-0.05, 0) is 31.3 Å². The van der Waals surface area contributed by atoms with Crippen LogP contribution < -0.4 is 5.73 Å². The van der Waals surface area contributed by atoms with E-state index < -0.39 is 9.84 Å². The number of likely N-dealkylation sites (N-methyl/N-ethyl adjacent to an activating group) is 1. The summed E-state index contributed by atoms with van der Waals surface area (Å²) in [4.78, 5) is 2.28. The van der Waals surface area contributed by atoms with E-state index in [1.54, 1.807) is 24.3 Å². The van der Waals surface area contributed by atoms with Gasteiger partial charge in [-0.25, -0.2) is 8.42 Å². The second kappa shape index (κ2) is 6.49. The number of halogens is 1. The van der Waals surface area contributed by atoms with Gasteiger partial charge in [0.05, 0.1) is 10.6 Å². The summed E-state index contributed by atoms with van der Waals surface area (Å²) in [6.07, 6.45) is 0. The Morgan fingerprint density at radius 1 is 1.24 bits per heavy atom. The summed E-state index contributed by atoms with van der Waals surface area (Å²) >= 11 is 3.28. The van der Waals surface area contributed by atoms with Crippen molar-refractivity contribution in [2.24, 2.45) is 5.73 Å². The molecule has 4 nitrogen and oxygen atoms in total. The standard InChI is InChI=1S/C11H17BrN2O2S/c1-14(7-6-13)8-9-17(15,16)11-4-2-10(12)3-5-11/h2-5H,6-9,13H2,1H3. The molecule has 0 atom stereocenters. The van der Waals surface area contributed by atoms with Crippen LogP contribution in [0, 0.1) is 0 Å². The van der Waals surface area contributed by atoms with Crippen LogP contribution in [0.4, 0.5) is 0 Å². The van der Waals surface area contributed by atoms with Gasteiger partial charge in [0.2, 0.25) is 0 Å². The molecule has 0 unspecified atom stereocenters. The third kappa shape index (κ3) is 4.75. The predicted molar refractivity (Wildman–Crippen MR) is 72.7 cm³/mol. The summed E-state index contributed by atoms with van der Waals surface area (Å²) in [6.45, 7) is 1.74. The van der Waals surface area contributed by atoms with Gasteiger partial charge in [0.25, 0.3) is 0 Å².